The number of primary amides is 1. The average Bonchev–Trinajstić information content (AvgIpc) is 2.88. The summed E-state index contributed by atoms with van der Waals surface area (Å²) in [5.41, 5.74) is 8.48. The SMILES string of the molecule is NC(=O)c1nc(-c2cccc(I)c2)nc2c1[C@H]1CC[C@@H](C2)O1. The topological polar surface area (TPSA) is 78.1 Å². The number of amides is 1. The fourth-order valence-electron chi connectivity index (χ4n) is 3.24. The predicted molar refractivity (Wildman–Crippen MR) is 89.3 cm³/mol. The largest absolute Gasteiger partial charge is 0.370 e. The third-order valence-corrected chi connectivity index (χ3v) is 4.86. The van der Waals surface area contributed by atoms with Crippen LogP contribution in [-0.4, -0.2) is 22.0 Å². The normalized spacial score (nSPS) is 22.4. The summed E-state index contributed by atoms with van der Waals surface area (Å²) in [6.07, 6.45) is 2.76. The molecule has 0 radical (unpaired) electrons. The minimum atomic E-state index is -0.514. The van der Waals surface area contributed by atoms with E-state index in [9.17, 15) is 4.79 Å². The standard InChI is InChI=1S/C16H14IN3O2/c17-9-3-1-2-8(6-9)16-19-11-7-10-4-5-12(22-10)13(11)14(20-16)15(18)21/h1-3,6,10,12H,4-5,7H2,(H2,18,21)/t10-,12+/m0/s1. The molecule has 2 atom stereocenters. The average molecular weight is 407 g/mol. The lowest BCUT2D eigenvalue weighted by Crippen LogP contribution is -2.26. The molecule has 1 fully saturated rings. The number of rotatable bonds is 2. The summed E-state index contributed by atoms with van der Waals surface area (Å²) in [7, 11) is 0. The molecule has 2 aliphatic rings. The number of hydrogen-bond donors (Lipinski definition) is 1. The van der Waals surface area contributed by atoms with Gasteiger partial charge in [0, 0.05) is 21.1 Å². The Bertz CT molecular complexity index is 778. The van der Waals surface area contributed by atoms with Crippen LogP contribution < -0.4 is 5.73 Å². The maximum atomic E-state index is 11.9. The molecule has 0 spiro atoms. The van der Waals surface area contributed by atoms with E-state index >= 15 is 0 Å². The maximum absolute atomic E-state index is 11.9. The molecule has 22 heavy (non-hydrogen) atoms. The quantitative estimate of drug-likeness (QED) is 0.777. The maximum Gasteiger partial charge on any atom is 0.267 e. The number of carbonyl (C=O) groups is 1. The van der Waals surface area contributed by atoms with Gasteiger partial charge in [-0.15, -0.1) is 0 Å². The molecule has 2 aliphatic heterocycles. The van der Waals surface area contributed by atoms with Crippen LogP contribution in [0.15, 0.2) is 24.3 Å². The lowest BCUT2D eigenvalue weighted by molar-refractivity contribution is 0.0300. The molecule has 2 aromatic rings. The molecular formula is C16H14IN3O2. The van der Waals surface area contributed by atoms with E-state index in [-0.39, 0.29) is 12.2 Å². The second kappa shape index (κ2) is 5.27. The summed E-state index contributed by atoms with van der Waals surface area (Å²) in [4.78, 5) is 21.0. The Morgan fingerprint density at radius 3 is 2.95 bits per heavy atom. The van der Waals surface area contributed by atoms with Gasteiger partial charge in [-0.05, 0) is 47.6 Å². The van der Waals surface area contributed by atoms with Crippen LogP contribution in [-0.2, 0) is 11.2 Å². The monoisotopic (exact) mass is 407 g/mol. The van der Waals surface area contributed by atoms with E-state index in [4.69, 9.17) is 15.5 Å². The second-order valence-corrected chi connectivity index (χ2v) is 6.90. The number of carbonyl (C=O) groups excluding carboxylic acids is 1. The Hall–Kier alpha value is -1.54. The highest BCUT2D eigenvalue weighted by atomic mass is 127. The first kappa shape index (κ1) is 14.1. The molecule has 112 valence electrons. The van der Waals surface area contributed by atoms with Gasteiger partial charge in [0.05, 0.1) is 17.9 Å². The van der Waals surface area contributed by atoms with Crippen molar-refractivity contribution in [3.63, 3.8) is 0 Å². The van der Waals surface area contributed by atoms with Gasteiger partial charge in [-0.25, -0.2) is 9.97 Å². The van der Waals surface area contributed by atoms with Crippen molar-refractivity contribution in [2.24, 2.45) is 5.73 Å². The Labute approximate surface area is 141 Å². The van der Waals surface area contributed by atoms with Crippen molar-refractivity contribution in [3.05, 3.63) is 44.8 Å². The van der Waals surface area contributed by atoms with Gasteiger partial charge >= 0.3 is 0 Å². The molecule has 0 saturated carbocycles. The Morgan fingerprint density at radius 1 is 1.32 bits per heavy atom. The fraction of sp³-hybridized carbons (Fsp3) is 0.312. The number of benzene rings is 1. The smallest absolute Gasteiger partial charge is 0.267 e. The number of ether oxygens (including phenoxy) is 1. The molecule has 0 aliphatic carbocycles. The van der Waals surface area contributed by atoms with Crippen LogP contribution in [0.2, 0.25) is 0 Å². The van der Waals surface area contributed by atoms with Crippen molar-refractivity contribution in [2.75, 3.05) is 0 Å². The third-order valence-electron chi connectivity index (χ3n) is 4.19. The minimum Gasteiger partial charge on any atom is -0.370 e. The van der Waals surface area contributed by atoms with E-state index in [1.165, 1.54) is 0 Å². The van der Waals surface area contributed by atoms with Gasteiger partial charge in [-0.2, -0.15) is 0 Å². The highest BCUT2D eigenvalue weighted by molar-refractivity contribution is 14.1. The predicted octanol–water partition coefficient (Wildman–Crippen LogP) is 2.62. The van der Waals surface area contributed by atoms with E-state index in [1.54, 1.807) is 0 Å². The number of hydrogen-bond acceptors (Lipinski definition) is 4. The van der Waals surface area contributed by atoms with Gasteiger partial charge in [-0.1, -0.05) is 12.1 Å². The van der Waals surface area contributed by atoms with Gasteiger partial charge in [-0.3, -0.25) is 4.79 Å². The van der Waals surface area contributed by atoms with Gasteiger partial charge in [0.25, 0.3) is 5.91 Å². The van der Waals surface area contributed by atoms with Crippen LogP contribution in [0.4, 0.5) is 0 Å². The van der Waals surface area contributed by atoms with Crippen molar-refractivity contribution in [1.29, 1.82) is 0 Å². The molecule has 1 amide bonds. The van der Waals surface area contributed by atoms with Crippen LogP contribution in [0.3, 0.4) is 0 Å². The van der Waals surface area contributed by atoms with Crippen molar-refractivity contribution < 1.29 is 9.53 Å². The summed E-state index contributed by atoms with van der Waals surface area (Å²) in [6, 6.07) is 7.91. The highest BCUT2D eigenvalue weighted by Crippen LogP contribution is 2.42. The molecule has 1 aromatic carbocycles. The van der Waals surface area contributed by atoms with E-state index < -0.39 is 5.91 Å². The van der Waals surface area contributed by atoms with Gasteiger partial charge in [0.15, 0.2) is 5.82 Å². The first-order valence-electron chi connectivity index (χ1n) is 7.24. The van der Waals surface area contributed by atoms with E-state index in [0.717, 1.165) is 39.7 Å². The molecule has 0 unspecified atom stereocenters. The summed E-state index contributed by atoms with van der Waals surface area (Å²) >= 11 is 2.25. The zero-order valence-electron chi connectivity index (χ0n) is 11.8. The molecule has 1 aromatic heterocycles. The van der Waals surface area contributed by atoms with Crippen molar-refractivity contribution >= 4 is 28.5 Å². The Balaban J connectivity index is 1.91. The molecule has 1 saturated heterocycles. The van der Waals surface area contributed by atoms with Gasteiger partial charge in [0.2, 0.25) is 0 Å². The molecule has 6 heteroatoms. The molecule has 3 heterocycles. The third kappa shape index (κ3) is 2.30. The molecule has 5 nitrogen and oxygen atoms in total. The minimum absolute atomic E-state index is 0.0822. The zero-order valence-corrected chi connectivity index (χ0v) is 13.9. The van der Waals surface area contributed by atoms with Crippen LogP contribution >= 0.6 is 22.6 Å². The Kier molecular flexibility index (Phi) is 3.37. The number of nitrogens with two attached hydrogens (primary N) is 1. The molecule has 2 bridgehead atoms. The number of aromatic nitrogens is 2. The van der Waals surface area contributed by atoms with Crippen molar-refractivity contribution in [1.82, 2.24) is 9.97 Å². The molecule has 4 rings (SSSR count). The highest BCUT2D eigenvalue weighted by Gasteiger charge is 2.38. The van der Waals surface area contributed by atoms with Crippen LogP contribution in [0.25, 0.3) is 11.4 Å². The Morgan fingerprint density at radius 2 is 2.18 bits per heavy atom. The van der Waals surface area contributed by atoms with E-state index in [0.29, 0.717) is 11.5 Å². The van der Waals surface area contributed by atoms with E-state index in [1.807, 2.05) is 24.3 Å². The first-order valence-corrected chi connectivity index (χ1v) is 8.31. The van der Waals surface area contributed by atoms with Crippen LogP contribution in [0.5, 0.6) is 0 Å². The summed E-state index contributed by atoms with van der Waals surface area (Å²) in [5, 5.41) is 0. The number of fused-ring (bicyclic) bond motifs is 4. The van der Waals surface area contributed by atoms with Crippen LogP contribution in [0, 0.1) is 3.57 Å². The van der Waals surface area contributed by atoms with Crippen LogP contribution in [0.1, 0.15) is 40.7 Å². The second-order valence-electron chi connectivity index (χ2n) is 5.66. The van der Waals surface area contributed by atoms with E-state index in [2.05, 4.69) is 27.6 Å². The molecule has 2 N–H and O–H groups in total. The number of halogens is 1. The first-order chi connectivity index (χ1) is 10.6. The molecular weight excluding hydrogens is 393 g/mol. The van der Waals surface area contributed by atoms with Gasteiger partial charge < -0.3 is 10.5 Å². The van der Waals surface area contributed by atoms with Crippen molar-refractivity contribution in [3.8, 4) is 11.4 Å². The summed E-state index contributed by atoms with van der Waals surface area (Å²) < 4.78 is 6.99. The summed E-state index contributed by atoms with van der Waals surface area (Å²) in [6.45, 7) is 0. The fourth-order valence-corrected chi connectivity index (χ4v) is 3.78. The van der Waals surface area contributed by atoms with Crippen molar-refractivity contribution in [2.45, 2.75) is 31.5 Å². The zero-order chi connectivity index (χ0) is 15.3. The lowest BCUT2D eigenvalue weighted by atomic mass is 10.0. The number of nitrogens with zero attached hydrogens (tertiary/aromatic N) is 2. The lowest BCUT2D eigenvalue weighted by Gasteiger charge is -2.24. The van der Waals surface area contributed by atoms with Gasteiger partial charge in [0.1, 0.15) is 5.69 Å². The summed E-state index contributed by atoms with van der Waals surface area (Å²) in [5.74, 6) is 0.0480.